The number of carbonyl (C=O) groups excluding carboxylic acids is 1. The van der Waals surface area contributed by atoms with Crippen LogP contribution in [-0.4, -0.2) is 28.6 Å². The SMILES string of the molecule is Cc1ccc(-c2nc(C)c(C(=O)NCC(C)(C)CC(C)O)s2)o1. The maximum atomic E-state index is 12.4. The number of aryl methyl sites for hydroxylation is 2. The molecule has 1 atom stereocenters. The van der Waals surface area contributed by atoms with Gasteiger partial charge in [0.25, 0.3) is 5.91 Å². The number of aliphatic hydroxyl groups excluding tert-OH is 1. The Morgan fingerprint density at radius 2 is 2.13 bits per heavy atom. The molecule has 0 aliphatic heterocycles. The number of carbonyl (C=O) groups is 1. The number of rotatable bonds is 6. The molecule has 1 amide bonds. The number of furan rings is 1. The summed E-state index contributed by atoms with van der Waals surface area (Å²) >= 11 is 1.33. The number of aliphatic hydroxyl groups is 1. The zero-order chi connectivity index (χ0) is 17.2. The van der Waals surface area contributed by atoms with Gasteiger partial charge < -0.3 is 14.8 Å². The molecular formula is C17H24N2O3S. The number of hydrogen-bond acceptors (Lipinski definition) is 5. The largest absolute Gasteiger partial charge is 0.459 e. The highest BCUT2D eigenvalue weighted by atomic mass is 32.1. The van der Waals surface area contributed by atoms with Gasteiger partial charge in [0.2, 0.25) is 0 Å². The average Bonchev–Trinajstić information content (AvgIpc) is 3.01. The van der Waals surface area contributed by atoms with E-state index in [1.807, 2.05) is 39.8 Å². The van der Waals surface area contributed by atoms with Gasteiger partial charge in [0.1, 0.15) is 10.6 Å². The van der Waals surface area contributed by atoms with Gasteiger partial charge in [-0.3, -0.25) is 4.79 Å². The second-order valence-electron chi connectivity index (χ2n) is 6.74. The topological polar surface area (TPSA) is 75.4 Å². The summed E-state index contributed by atoms with van der Waals surface area (Å²) in [6.45, 7) is 10.0. The van der Waals surface area contributed by atoms with Crippen LogP contribution in [0.4, 0.5) is 0 Å². The Hall–Kier alpha value is -1.66. The maximum Gasteiger partial charge on any atom is 0.263 e. The average molecular weight is 336 g/mol. The molecule has 0 aromatic carbocycles. The van der Waals surface area contributed by atoms with Crippen molar-refractivity contribution >= 4 is 17.2 Å². The second-order valence-corrected chi connectivity index (χ2v) is 7.74. The van der Waals surface area contributed by atoms with E-state index in [-0.39, 0.29) is 17.4 Å². The summed E-state index contributed by atoms with van der Waals surface area (Å²) in [6, 6.07) is 3.74. The molecule has 0 radical (unpaired) electrons. The molecule has 6 heteroatoms. The summed E-state index contributed by atoms with van der Waals surface area (Å²) in [4.78, 5) is 17.4. The Balaban J connectivity index is 2.07. The zero-order valence-electron chi connectivity index (χ0n) is 14.3. The van der Waals surface area contributed by atoms with E-state index in [4.69, 9.17) is 4.42 Å². The van der Waals surface area contributed by atoms with E-state index in [0.29, 0.717) is 34.3 Å². The molecule has 0 fully saturated rings. The quantitative estimate of drug-likeness (QED) is 0.846. The van der Waals surface area contributed by atoms with E-state index in [1.165, 1.54) is 11.3 Å². The van der Waals surface area contributed by atoms with Crippen molar-refractivity contribution in [1.29, 1.82) is 0 Å². The summed E-state index contributed by atoms with van der Waals surface area (Å²) < 4.78 is 5.56. The van der Waals surface area contributed by atoms with Crippen molar-refractivity contribution in [2.24, 2.45) is 5.41 Å². The molecule has 0 saturated carbocycles. The van der Waals surface area contributed by atoms with Gasteiger partial charge >= 0.3 is 0 Å². The monoisotopic (exact) mass is 336 g/mol. The van der Waals surface area contributed by atoms with Crippen molar-refractivity contribution in [2.75, 3.05) is 6.54 Å². The number of thiazole rings is 1. The summed E-state index contributed by atoms with van der Waals surface area (Å²) in [5, 5.41) is 13.2. The first-order valence-corrected chi connectivity index (χ1v) is 8.50. The highest BCUT2D eigenvalue weighted by Gasteiger charge is 2.23. The van der Waals surface area contributed by atoms with Crippen molar-refractivity contribution in [3.8, 4) is 10.8 Å². The van der Waals surface area contributed by atoms with Crippen molar-refractivity contribution in [1.82, 2.24) is 10.3 Å². The lowest BCUT2D eigenvalue weighted by atomic mass is 9.87. The number of nitrogens with one attached hydrogen (secondary N) is 1. The van der Waals surface area contributed by atoms with Crippen LogP contribution in [0.3, 0.4) is 0 Å². The minimum Gasteiger partial charge on any atom is -0.459 e. The van der Waals surface area contributed by atoms with Gasteiger partial charge in [0.15, 0.2) is 10.8 Å². The van der Waals surface area contributed by atoms with Crippen LogP contribution < -0.4 is 5.32 Å². The van der Waals surface area contributed by atoms with Crippen LogP contribution in [0.15, 0.2) is 16.5 Å². The Morgan fingerprint density at radius 1 is 1.43 bits per heavy atom. The van der Waals surface area contributed by atoms with Crippen LogP contribution in [0.25, 0.3) is 10.8 Å². The molecule has 0 saturated heterocycles. The molecule has 126 valence electrons. The number of hydrogen-bond donors (Lipinski definition) is 2. The van der Waals surface area contributed by atoms with Gasteiger partial charge in [-0.1, -0.05) is 13.8 Å². The molecule has 2 rings (SSSR count). The molecule has 2 heterocycles. The first-order valence-electron chi connectivity index (χ1n) is 7.68. The third-order valence-corrected chi connectivity index (χ3v) is 4.70. The van der Waals surface area contributed by atoms with E-state index in [2.05, 4.69) is 10.3 Å². The fraction of sp³-hybridized carbons (Fsp3) is 0.529. The minimum atomic E-state index is -0.388. The van der Waals surface area contributed by atoms with Crippen LogP contribution >= 0.6 is 11.3 Å². The van der Waals surface area contributed by atoms with E-state index in [0.717, 1.165) is 5.76 Å². The van der Waals surface area contributed by atoms with Crippen LogP contribution in [0.1, 0.15) is 48.3 Å². The summed E-state index contributed by atoms with van der Waals surface area (Å²) in [5.74, 6) is 1.37. The third-order valence-electron chi connectivity index (χ3n) is 3.53. The molecule has 2 aromatic rings. The normalized spacial score (nSPS) is 13.1. The molecule has 2 N–H and O–H groups in total. The van der Waals surface area contributed by atoms with Crippen LogP contribution in [0, 0.1) is 19.3 Å². The third kappa shape index (κ3) is 4.65. The Morgan fingerprint density at radius 3 is 2.70 bits per heavy atom. The van der Waals surface area contributed by atoms with Crippen molar-refractivity contribution in [3.63, 3.8) is 0 Å². The predicted octanol–water partition coefficient (Wildman–Crippen LogP) is 3.55. The molecule has 1 unspecified atom stereocenters. The molecular weight excluding hydrogens is 312 g/mol. The number of amides is 1. The molecule has 23 heavy (non-hydrogen) atoms. The molecule has 0 spiro atoms. The maximum absolute atomic E-state index is 12.4. The predicted molar refractivity (Wildman–Crippen MR) is 91.7 cm³/mol. The van der Waals surface area contributed by atoms with Crippen molar-refractivity contribution in [3.05, 3.63) is 28.5 Å². The fourth-order valence-corrected chi connectivity index (χ4v) is 3.48. The van der Waals surface area contributed by atoms with Gasteiger partial charge in [0.05, 0.1) is 11.8 Å². The van der Waals surface area contributed by atoms with Gasteiger partial charge in [-0.05, 0) is 44.7 Å². The summed E-state index contributed by atoms with van der Waals surface area (Å²) in [7, 11) is 0. The fourth-order valence-electron chi connectivity index (χ4n) is 2.53. The van der Waals surface area contributed by atoms with Crippen LogP contribution in [-0.2, 0) is 0 Å². The molecule has 2 aromatic heterocycles. The lowest BCUT2D eigenvalue weighted by Gasteiger charge is -2.26. The van der Waals surface area contributed by atoms with Crippen LogP contribution in [0.2, 0.25) is 0 Å². The van der Waals surface area contributed by atoms with E-state index in [9.17, 15) is 9.90 Å². The summed E-state index contributed by atoms with van der Waals surface area (Å²) in [5.41, 5.74) is 0.536. The van der Waals surface area contributed by atoms with Crippen molar-refractivity contribution < 1.29 is 14.3 Å². The summed E-state index contributed by atoms with van der Waals surface area (Å²) in [6.07, 6.45) is 0.243. The molecule has 0 aliphatic rings. The Kier molecular flexibility index (Phi) is 5.26. The molecule has 5 nitrogen and oxygen atoms in total. The second kappa shape index (κ2) is 6.84. The van der Waals surface area contributed by atoms with Gasteiger partial charge in [-0.25, -0.2) is 4.98 Å². The first-order chi connectivity index (χ1) is 10.7. The Bertz CT molecular complexity index is 686. The van der Waals surface area contributed by atoms with E-state index >= 15 is 0 Å². The first kappa shape index (κ1) is 17.7. The van der Waals surface area contributed by atoms with E-state index in [1.54, 1.807) is 6.92 Å². The lowest BCUT2D eigenvalue weighted by Crippen LogP contribution is -2.35. The van der Waals surface area contributed by atoms with Crippen LogP contribution in [0.5, 0.6) is 0 Å². The van der Waals surface area contributed by atoms with Gasteiger partial charge in [-0.15, -0.1) is 11.3 Å². The van der Waals surface area contributed by atoms with Gasteiger partial charge in [0, 0.05) is 6.54 Å². The number of nitrogens with zero attached hydrogens (tertiary/aromatic N) is 1. The Labute approximate surface area is 140 Å². The lowest BCUT2D eigenvalue weighted by molar-refractivity contribution is 0.0905. The smallest absolute Gasteiger partial charge is 0.263 e. The highest BCUT2D eigenvalue weighted by Crippen LogP contribution is 2.29. The highest BCUT2D eigenvalue weighted by molar-refractivity contribution is 7.17. The number of aromatic nitrogens is 1. The minimum absolute atomic E-state index is 0.131. The van der Waals surface area contributed by atoms with Gasteiger partial charge in [-0.2, -0.15) is 0 Å². The van der Waals surface area contributed by atoms with Crippen molar-refractivity contribution in [2.45, 2.75) is 47.1 Å². The molecule has 0 bridgehead atoms. The standard InChI is InChI=1S/C17H24N2O3S/c1-10(20)8-17(4,5)9-18-15(21)14-12(3)19-16(23-14)13-7-6-11(2)22-13/h6-7,10,20H,8-9H2,1-5H3,(H,18,21). The molecule has 0 aliphatic carbocycles. The van der Waals surface area contributed by atoms with E-state index < -0.39 is 0 Å². The zero-order valence-corrected chi connectivity index (χ0v) is 15.1.